The summed E-state index contributed by atoms with van der Waals surface area (Å²) in [6.07, 6.45) is 1.46. The van der Waals surface area contributed by atoms with Gasteiger partial charge in [0.25, 0.3) is 5.91 Å². The quantitative estimate of drug-likeness (QED) is 0.801. The van der Waals surface area contributed by atoms with Gasteiger partial charge in [0.1, 0.15) is 5.69 Å². The molecule has 8 heteroatoms. The number of hydrogen-bond donors (Lipinski definition) is 2. The minimum atomic E-state index is -3.19. The smallest absolute Gasteiger partial charge is 0.272 e. The van der Waals surface area contributed by atoms with Crippen molar-refractivity contribution in [1.82, 2.24) is 15.1 Å². The third-order valence-electron chi connectivity index (χ3n) is 2.93. The number of hydrogen-bond acceptors (Lipinski definition) is 5. The van der Waals surface area contributed by atoms with Crippen molar-refractivity contribution in [1.29, 1.82) is 0 Å². The largest absolute Gasteiger partial charge is 0.395 e. The lowest BCUT2D eigenvalue weighted by atomic mass is 10.2. The highest BCUT2D eigenvalue weighted by Gasteiger charge is 2.26. The molecule has 104 valence electrons. The number of aryl methyl sites for hydroxylation is 2. The van der Waals surface area contributed by atoms with E-state index in [2.05, 4.69) is 10.4 Å². The van der Waals surface area contributed by atoms with Gasteiger partial charge in [-0.2, -0.15) is 5.10 Å². The number of anilines is 1. The second-order valence-corrected chi connectivity index (χ2v) is 6.33. The third kappa shape index (κ3) is 2.62. The Hall–Kier alpha value is -1.83. The molecule has 0 spiro atoms. The van der Waals surface area contributed by atoms with Crippen LogP contribution in [0.5, 0.6) is 0 Å². The molecule has 0 saturated heterocycles. The van der Waals surface area contributed by atoms with Crippen LogP contribution >= 0.6 is 0 Å². The van der Waals surface area contributed by atoms with Crippen molar-refractivity contribution in [2.75, 3.05) is 11.5 Å². The highest BCUT2D eigenvalue weighted by Crippen LogP contribution is 2.17. The number of nitrogen functional groups attached to an aromatic ring is 1. The second-order valence-electron chi connectivity index (χ2n) is 4.40. The summed E-state index contributed by atoms with van der Waals surface area (Å²) in [5, 5.41) is 7.90. The molecular weight excluding hydrogens is 268 g/mol. The molecular formula is C11H16N4O3S. The molecule has 1 aromatic heterocycles. The first-order valence-electron chi connectivity index (χ1n) is 5.88. The minimum Gasteiger partial charge on any atom is -0.395 e. The Bertz CT molecular complexity index is 645. The van der Waals surface area contributed by atoms with Crippen LogP contribution < -0.4 is 11.1 Å². The van der Waals surface area contributed by atoms with Crippen LogP contribution in [-0.2, 0) is 16.4 Å². The van der Waals surface area contributed by atoms with Crippen LogP contribution in [0.15, 0.2) is 11.5 Å². The van der Waals surface area contributed by atoms with E-state index in [0.717, 1.165) is 5.41 Å². The zero-order chi connectivity index (χ0) is 14.2. The molecule has 1 atom stereocenters. The van der Waals surface area contributed by atoms with E-state index >= 15 is 0 Å². The highest BCUT2D eigenvalue weighted by molar-refractivity contribution is 7.94. The Balaban J connectivity index is 2.20. The number of amides is 1. The van der Waals surface area contributed by atoms with Crippen molar-refractivity contribution in [2.24, 2.45) is 0 Å². The van der Waals surface area contributed by atoms with Crippen LogP contribution in [0.4, 0.5) is 5.69 Å². The molecule has 7 nitrogen and oxygen atoms in total. The van der Waals surface area contributed by atoms with E-state index in [0.29, 0.717) is 17.9 Å². The van der Waals surface area contributed by atoms with Crippen LogP contribution in [0.2, 0.25) is 0 Å². The number of carbonyl (C=O) groups excluding carboxylic acids is 1. The molecule has 1 aliphatic heterocycles. The van der Waals surface area contributed by atoms with Crippen molar-refractivity contribution in [2.45, 2.75) is 26.4 Å². The van der Waals surface area contributed by atoms with E-state index in [-0.39, 0.29) is 11.4 Å². The van der Waals surface area contributed by atoms with Crippen LogP contribution in [-0.4, -0.2) is 35.9 Å². The van der Waals surface area contributed by atoms with E-state index < -0.39 is 21.8 Å². The molecule has 2 heterocycles. The maximum Gasteiger partial charge on any atom is 0.272 e. The lowest BCUT2D eigenvalue weighted by molar-refractivity contribution is 0.0938. The fourth-order valence-electron chi connectivity index (χ4n) is 1.97. The van der Waals surface area contributed by atoms with Gasteiger partial charge in [-0.1, -0.05) is 0 Å². The summed E-state index contributed by atoms with van der Waals surface area (Å²) in [7, 11) is -3.19. The summed E-state index contributed by atoms with van der Waals surface area (Å²) >= 11 is 0. The first-order chi connectivity index (χ1) is 8.84. The van der Waals surface area contributed by atoms with Crippen LogP contribution in [0.1, 0.15) is 23.1 Å². The average Bonchev–Trinajstić information content (AvgIpc) is 2.80. The monoisotopic (exact) mass is 284 g/mol. The molecule has 0 aliphatic carbocycles. The summed E-state index contributed by atoms with van der Waals surface area (Å²) in [6.45, 7) is 4.08. The Kier molecular flexibility index (Phi) is 3.36. The molecule has 0 radical (unpaired) electrons. The predicted molar refractivity (Wildman–Crippen MR) is 71.2 cm³/mol. The Morgan fingerprint density at radius 3 is 2.84 bits per heavy atom. The average molecular weight is 284 g/mol. The lowest BCUT2D eigenvalue weighted by Gasteiger charge is -2.11. The number of aromatic nitrogens is 2. The van der Waals surface area contributed by atoms with Crippen LogP contribution in [0.25, 0.3) is 0 Å². The number of nitrogens with one attached hydrogen (secondary N) is 1. The normalized spacial score (nSPS) is 20.6. The second kappa shape index (κ2) is 4.69. The van der Waals surface area contributed by atoms with Crippen molar-refractivity contribution in [3.05, 3.63) is 22.9 Å². The molecule has 1 amide bonds. The molecule has 2 rings (SSSR count). The molecule has 0 saturated carbocycles. The summed E-state index contributed by atoms with van der Waals surface area (Å²) in [6, 6.07) is -0.516. The van der Waals surface area contributed by atoms with Crippen molar-refractivity contribution >= 4 is 21.4 Å². The molecule has 0 fully saturated rings. The number of sulfone groups is 1. The van der Waals surface area contributed by atoms with Gasteiger partial charge in [0.2, 0.25) is 0 Å². The van der Waals surface area contributed by atoms with Gasteiger partial charge in [0.15, 0.2) is 9.84 Å². The summed E-state index contributed by atoms with van der Waals surface area (Å²) in [4.78, 5) is 12.1. The van der Waals surface area contributed by atoms with E-state index in [4.69, 9.17) is 5.73 Å². The van der Waals surface area contributed by atoms with Gasteiger partial charge in [-0.3, -0.25) is 9.48 Å². The Labute approximate surface area is 111 Å². The molecule has 19 heavy (non-hydrogen) atoms. The highest BCUT2D eigenvalue weighted by atomic mass is 32.2. The zero-order valence-corrected chi connectivity index (χ0v) is 11.6. The predicted octanol–water partition coefficient (Wildman–Crippen LogP) is -0.166. The van der Waals surface area contributed by atoms with Crippen LogP contribution in [0.3, 0.4) is 0 Å². The standard InChI is InChI=1S/C11H16N4O3S/c1-3-15-10(9(12)7(2)14-15)11(16)13-8-4-5-19(17,18)6-8/h4-5,8H,3,6,12H2,1-2H3,(H,13,16). The van der Waals surface area contributed by atoms with Gasteiger partial charge in [-0.25, -0.2) is 8.42 Å². The van der Waals surface area contributed by atoms with Crippen molar-refractivity contribution in [3.8, 4) is 0 Å². The number of carbonyl (C=O) groups is 1. The first-order valence-corrected chi connectivity index (χ1v) is 7.60. The van der Waals surface area contributed by atoms with Gasteiger partial charge >= 0.3 is 0 Å². The SMILES string of the molecule is CCn1nc(C)c(N)c1C(=O)NC1C=CS(=O)(=O)C1. The number of rotatable bonds is 3. The maximum absolute atomic E-state index is 12.1. The fourth-order valence-corrected chi connectivity index (χ4v) is 3.20. The van der Waals surface area contributed by atoms with Crippen molar-refractivity contribution in [3.63, 3.8) is 0 Å². The summed E-state index contributed by atoms with van der Waals surface area (Å²) < 4.78 is 24.1. The van der Waals surface area contributed by atoms with E-state index in [1.54, 1.807) is 6.92 Å². The molecule has 1 aromatic rings. The minimum absolute atomic E-state index is 0.113. The van der Waals surface area contributed by atoms with Crippen LogP contribution in [0, 0.1) is 6.92 Å². The molecule has 0 aromatic carbocycles. The molecule has 1 unspecified atom stereocenters. The van der Waals surface area contributed by atoms with E-state index in [9.17, 15) is 13.2 Å². The topological polar surface area (TPSA) is 107 Å². The van der Waals surface area contributed by atoms with Gasteiger partial charge in [0.05, 0.1) is 23.2 Å². The Morgan fingerprint density at radius 2 is 2.32 bits per heavy atom. The third-order valence-corrected chi connectivity index (χ3v) is 4.33. The van der Waals surface area contributed by atoms with Gasteiger partial charge in [-0.05, 0) is 19.9 Å². The van der Waals surface area contributed by atoms with Gasteiger partial charge in [-0.15, -0.1) is 0 Å². The summed E-state index contributed by atoms with van der Waals surface area (Å²) in [5.41, 5.74) is 7.01. The molecule has 1 aliphatic rings. The lowest BCUT2D eigenvalue weighted by Crippen LogP contribution is -2.37. The fraction of sp³-hybridized carbons (Fsp3) is 0.455. The molecule has 3 N–H and O–H groups in total. The molecule has 0 bridgehead atoms. The summed E-state index contributed by atoms with van der Waals surface area (Å²) in [5.74, 6) is -0.524. The van der Waals surface area contributed by atoms with E-state index in [1.165, 1.54) is 10.8 Å². The maximum atomic E-state index is 12.1. The number of nitrogens with two attached hydrogens (primary N) is 1. The zero-order valence-electron chi connectivity index (χ0n) is 10.8. The number of nitrogens with zero attached hydrogens (tertiary/aromatic N) is 2. The first kappa shape index (κ1) is 13.6. The van der Waals surface area contributed by atoms with E-state index in [1.807, 2.05) is 6.92 Å². The van der Waals surface area contributed by atoms with Gasteiger partial charge in [0, 0.05) is 12.0 Å². The Morgan fingerprint density at radius 1 is 1.63 bits per heavy atom. The van der Waals surface area contributed by atoms with Gasteiger partial charge < -0.3 is 11.1 Å². The van der Waals surface area contributed by atoms with Crippen molar-refractivity contribution < 1.29 is 13.2 Å².